The largest absolute Gasteiger partial charge is 0.481 e. The minimum atomic E-state index is -0.655. The van der Waals surface area contributed by atoms with E-state index in [1.54, 1.807) is 0 Å². The molecule has 1 fully saturated rings. The smallest absolute Gasteiger partial charge is 0.306 e. The predicted molar refractivity (Wildman–Crippen MR) is 73.0 cm³/mol. The number of hydrogen-bond donors (Lipinski definition) is 1. The minimum absolute atomic E-state index is 0.142. The molecule has 0 radical (unpaired) electrons. The maximum atomic E-state index is 10.8. The van der Waals surface area contributed by atoms with Crippen LogP contribution in [-0.4, -0.2) is 24.2 Å². The van der Waals surface area contributed by atoms with Crippen molar-refractivity contribution in [3.8, 4) is 0 Å². The molecule has 98 valence electrons. The first-order chi connectivity index (χ1) is 8.61. The molecule has 0 heterocycles. The van der Waals surface area contributed by atoms with E-state index >= 15 is 0 Å². The lowest BCUT2D eigenvalue weighted by molar-refractivity contribution is -0.145. The van der Waals surface area contributed by atoms with Crippen molar-refractivity contribution in [2.24, 2.45) is 5.92 Å². The lowest BCUT2D eigenvalue weighted by atomic mass is 9.79. The van der Waals surface area contributed by atoms with Gasteiger partial charge in [0, 0.05) is 18.8 Å². The summed E-state index contributed by atoms with van der Waals surface area (Å²) in [6.07, 6.45) is 3.82. The number of hydrogen-bond acceptors (Lipinski definition) is 2. The lowest BCUT2D eigenvalue weighted by Crippen LogP contribution is -2.45. The van der Waals surface area contributed by atoms with Crippen LogP contribution < -0.4 is 4.90 Å². The maximum Gasteiger partial charge on any atom is 0.306 e. The van der Waals surface area contributed by atoms with E-state index in [1.165, 1.54) is 11.3 Å². The molecule has 1 aliphatic rings. The van der Waals surface area contributed by atoms with Crippen molar-refractivity contribution in [3.63, 3.8) is 0 Å². The lowest BCUT2D eigenvalue weighted by Gasteiger charge is -2.40. The van der Waals surface area contributed by atoms with Crippen LogP contribution in [0.2, 0.25) is 0 Å². The van der Waals surface area contributed by atoms with Crippen molar-refractivity contribution < 1.29 is 9.90 Å². The molecule has 0 aromatic heterocycles. The van der Waals surface area contributed by atoms with Gasteiger partial charge in [-0.1, -0.05) is 25.5 Å². The fraction of sp³-hybridized carbons (Fsp3) is 0.533. The Morgan fingerprint density at radius 2 is 1.94 bits per heavy atom. The third-order valence-corrected chi connectivity index (χ3v) is 3.89. The molecule has 0 aliphatic heterocycles. The Bertz CT molecular complexity index is 407. The summed E-state index contributed by atoms with van der Waals surface area (Å²) in [6, 6.07) is 8.99. The van der Waals surface area contributed by atoms with E-state index < -0.39 is 5.97 Å². The van der Waals surface area contributed by atoms with Gasteiger partial charge < -0.3 is 10.0 Å². The first-order valence-corrected chi connectivity index (χ1v) is 6.66. The highest BCUT2D eigenvalue weighted by Gasteiger charge is 2.36. The normalized spacial score (nSPS) is 22.3. The Hall–Kier alpha value is -1.51. The number of aliphatic carboxylic acids is 1. The van der Waals surface area contributed by atoms with Gasteiger partial charge in [-0.3, -0.25) is 4.79 Å². The summed E-state index contributed by atoms with van der Waals surface area (Å²) in [6.45, 7) is 2.18. The van der Waals surface area contributed by atoms with Crippen molar-refractivity contribution >= 4 is 11.7 Å². The standard InChI is InChI=1S/C15H21NO2/c1-3-4-11-5-7-13(8-6-11)16(2)14-9-12(10-14)15(17)18/h5-8,12,14H,3-4,9-10H2,1-2H3,(H,17,18). The van der Waals surface area contributed by atoms with Crippen molar-refractivity contribution in [1.82, 2.24) is 0 Å². The Kier molecular flexibility index (Phi) is 3.90. The summed E-state index contributed by atoms with van der Waals surface area (Å²) in [5.74, 6) is -0.797. The van der Waals surface area contributed by atoms with E-state index in [0.717, 1.165) is 25.7 Å². The molecule has 1 saturated carbocycles. The highest BCUT2D eigenvalue weighted by atomic mass is 16.4. The zero-order chi connectivity index (χ0) is 13.1. The molecule has 3 nitrogen and oxygen atoms in total. The quantitative estimate of drug-likeness (QED) is 0.869. The Balaban J connectivity index is 1.93. The summed E-state index contributed by atoms with van der Waals surface area (Å²) in [7, 11) is 2.05. The number of anilines is 1. The van der Waals surface area contributed by atoms with E-state index in [9.17, 15) is 4.79 Å². The van der Waals surface area contributed by atoms with Crippen LogP contribution in [0.3, 0.4) is 0 Å². The molecule has 0 atom stereocenters. The van der Waals surface area contributed by atoms with Gasteiger partial charge >= 0.3 is 5.97 Å². The van der Waals surface area contributed by atoms with Crippen LogP contribution in [0.15, 0.2) is 24.3 Å². The Labute approximate surface area is 108 Å². The molecule has 3 heteroatoms. The van der Waals surface area contributed by atoms with Crippen LogP contribution in [0.4, 0.5) is 5.69 Å². The van der Waals surface area contributed by atoms with Gasteiger partial charge in [0.1, 0.15) is 0 Å². The van der Waals surface area contributed by atoms with Crippen LogP contribution in [0.1, 0.15) is 31.7 Å². The topological polar surface area (TPSA) is 40.5 Å². The van der Waals surface area contributed by atoms with Gasteiger partial charge in [-0.25, -0.2) is 0 Å². The number of carboxylic acid groups (broad SMARTS) is 1. The number of nitrogens with zero attached hydrogens (tertiary/aromatic N) is 1. The van der Waals surface area contributed by atoms with Crippen LogP contribution in [0, 0.1) is 5.92 Å². The summed E-state index contributed by atoms with van der Waals surface area (Å²) in [4.78, 5) is 13.0. The molecule has 0 spiro atoms. The molecule has 18 heavy (non-hydrogen) atoms. The second-order valence-corrected chi connectivity index (χ2v) is 5.19. The zero-order valence-electron chi connectivity index (χ0n) is 11.1. The third kappa shape index (κ3) is 2.66. The van der Waals surface area contributed by atoms with Gasteiger partial charge in [0.15, 0.2) is 0 Å². The molecule has 0 amide bonds. The van der Waals surface area contributed by atoms with Crippen LogP contribution >= 0.6 is 0 Å². The molecule has 1 aromatic rings. The molecule has 0 bridgehead atoms. The fourth-order valence-electron chi connectivity index (χ4n) is 2.50. The van der Waals surface area contributed by atoms with Crippen molar-refractivity contribution in [1.29, 1.82) is 0 Å². The van der Waals surface area contributed by atoms with Gasteiger partial charge in [0.05, 0.1) is 5.92 Å². The molecule has 2 rings (SSSR count). The van der Waals surface area contributed by atoms with E-state index in [0.29, 0.717) is 6.04 Å². The van der Waals surface area contributed by atoms with Crippen molar-refractivity contribution in [3.05, 3.63) is 29.8 Å². The van der Waals surface area contributed by atoms with Gasteiger partial charge in [-0.15, -0.1) is 0 Å². The average molecular weight is 247 g/mol. The van der Waals surface area contributed by atoms with Gasteiger partial charge in [0.2, 0.25) is 0 Å². The Morgan fingerprint density at radius 3 is 2.44 bits per heavy atom. The second kappa shape index (κ2) is 5.42. The summed E-state index contributed by atoms with van der Waals surface area (Å²) >= 11 is 0. The average Bonchev–Trinajstić information content (AvgIpc) is 2.27. The van der Waals surface area contributed by atoms with Crippen molar-refractivity contribution in [2.75, 3.05) is 11.9 Å². The predicted octanol–water partition coefficient (Wildman–Crippen LogP) is 2.94. The van der Waals surface area contributed by atoms with E-state index in [2.05, 4.69) is 43.1 Å². The zero-order valence-corrected chi connectivity index (χ0v) is 11.1. The molecule has 1 aromatic carbocycles. The van der Waals surface area contributed by atoms with E-state index in [1.807, 2.05) is 0 Å². The summed E-state index contributed by atoms with van der Waals surface area (Å²) < 4.78 is 0. The number of carboxylic acids is 1. The number of aryl methyl sites for hydroxylation is 1. The number of carbonyl (C=O) groups is 1. The van der Waals surface area contributed by atoms with Crippen LogP contribution in [-0.2, 0) is 11.2 Å². The highest BCUT2D eigenvalue weighted by Crippen LogP contribution is 2.33. The first-order valence-electron chi connectivity index (χ1n) is 6.66. The van der Waals surface area contributed by atoms with Crippen LogP contribution in [0.25, 0.3) is 0 Å². The molecule has 0 saturated heterocycles. The molecular weight excluding hydrogens is 226 g/mol. The fourth-order valence-corrected chi connectivity index (χ4v) is 2.50. The van der Waals surface area contributed by atoms with Gasteiger partial charge in [-0.05, 0) is 37.0 Å². The highest BCUT2D eigenvalue weighted by molar-refractivity contribution is 5.71. The first kappa shape index (κ1) is 12.9. The number of rotatable bonds is 5. The van der Waals surface area contributed by atoms with Gasteiger partial charge in [-0.2, -0.15) is 0 Å². The van der Waals surface area contributed by atoms with Crippen LogP contribution in [0.5, 0.6) is 0 Å². The minimum Gasteiger partial charge on any atom is -0.481 e. The maximum absolute atomic E-state index is 10.8. The third-order valence-electron chi connectivity index (χ3n) is 3.89. The monoisotopic (exact) mass is 247 g/mol. The Morgan fingerprint density at radius 1 is 1.33 bits per heavy atom. The van der Waals surface area contributed by atoms with E-state index in [-0.39, 0.29) is 5.92 Å². The molecule has 1 aliphatic carbocycles. The molecule has 0 unspecified atom stereocenters. The molecule has 1 N–H and O–H groups in total. The number of benzene rings is 1. The SMILES string of the molecule is CCCc1ccc(N(C)C2CC(C(=O)O)C2)cc1. The van der Waals surface area contributed by atoms with E-state index in [4.69, 9.17) is 5.11 Å². The second-order valence-electron chi connectivity index (χ2n) is 5.19. The summed E-state index contributed by atoms with van der Waals surface area (Å²) in [5.41, 5.74) is 2.55. The van der Waals surface area contributed by atoms with Crippen molar-refractivity contribution in [2.45, 2.75) is 38.6 Å². The molecular formula is C15H21NO2. The summed E-state index contributed by atoms with van der Waals surface area (Å²) in [5, 5.41) is 8.88. The van der Waals surface area contributed by atoms with Gasteiger partial charge in [0.25, 0.3) is 0 Å².